The quantitative estimate of drug-likeness (QED) is 0.512. The summed E-state index contributed by atoms with van der Waals surface area (Å²) in [6.45, 7) is 0. The maximum absolute atomic E-state index is 10.5. The van der Waals surface area contributed by atoms with Gasteiger partial charge in [0.15, 0.2) is 0 Å². The SMILES string of the molecule is Nc1c([N+](=O)[O-])cc([N+](=O)[O-])c(Cl)c1Br. The van der Waals surface area contributed by atoms with E-state index in [1.807, 2.05) is 0 Å². The van der Waals surface area contributed by atoms with Gasteiger partial charge in [-0.25, -0.2) is 0 Å². The lowest BCUT2D eigenvalue weighted by molar-refractivity contribution is -0.393. The van der Waals surface area contributed by atoms with Crippen molar-refractivity contribution in [3.8, 4) is 0 Å². The molecule has 2 N–H and O–H groups in total. The van der Waals surface area contributed by atoms with Crippen LogP contribution in [0.5, 0.6) is 0 Å². The molecule has 0 atom stereocenters. The van der Waals surface area contributed by atoms with Crippen LogP contribution in [0.4, 0.5) is 17.1 Å². The van der Waals surface area contributed by atoms with Gasteiger partial charge in [0.25, 0.3) is 11.4 Å². The van der Waals surface area contributed by atoms with E-state index in [9.17, 15) is 20.2 Å². The van der Waals surface area contributed by atoms with Crippen molar-refractivity contribution in [3.05, 3.63) is 35.8 Å². The summed E-state index contributed by atoms with van der Waals surface area (Å²) in [7, 11) is 0. The summed E-state index contributed by atoms with van der Waals surface area (Å²) in [6, 6.07) is 0.725. The first-order valence-electron chi connectivity index (χ1n) is 3.42. The van der Waals surface area contributed by atoms with Gasteiger partial charge in [-0.15, -0.1) is 0 Å². The zero-order chi connectivity index (χ0) is 11.7. The number of benzene rings is 1. The van der Waals surface area contributed by atoms with Crippen molar-refractivity contribution < 1.29 is 9.85 Å². The first-order chi connectivity index (χ1) is 6.86. The number of nitrogens with two attached hydrogens (primary N) is 1. The molecule has 0 amide bonds. The maximum atomic E-state index is 10.5. The number of halogens is 2. The molecular formula is C6H3BrClN3O4. The van der Waals surface area contributed by atoms with Gasteiger partial charge in [0.1, 0.15) is 10.7 Å². The fourth-order valence-corrected chi connectivity index (χ4v) is 1.53. The van der Waals surface area contributed by atoms with Gasteiger partial charge in [-0.3, -0.25) is 20.2 Å². The van der Waals surface area contributed by atoms with Crippen LogP contribution >= 0.6 is 27.5 Å². The molecule has 0 radical (unpaired) electrons. The highest BCUT2D eigenvalue weighted by Gasteiger charge is 2.26. The minimum absolute atomic E-state index is 0.0509. The molecule has 1 aromatic rings. The Kier molecular flexibility index (Phi) is 3.10. The molecule has 7 nitrogen and oxygen atoms in total. The van der Waals surface area contributed by atoms with Crippen LogP contribution in [0.25, 0.3) is 0 Å². The zero-order valence-corrected chi connectivity index (χ0v) is 9.28. The molecule has 0 fully saturated rings. The van der Waals surface area contributed by atoms with Gasteiger partial charge in [-0.2, -0.15) is 0 Å². The molecule has 80 valence electrons. The van der Waals surface area contributed by atoms with Crippen molar-refractivity contribution in [2.45, 2.75) is 0 Å². The molecule has 1 aromatic carbocycles. The molecule has 0 unspecified atom stereocenters. The number of nitro groups is 2. The van der Waals surface area contributed by atoms with Gasteiger partial charge in [0, 0.05) is 0 Å². The second kappa shape index (κ2) is 3.99. The maximum Gasteiger partial charge on any atom is 0.300 e. The van der Waals surface area contributed by atoms with Crippen LogP contribution < -0.4 is 5.73 Å². The van der Waals surface area contributed by atoms with E-state index in [-0.39, 0.29) is 15.2 Å². The third-order valence-corrected chi connectivity index (χ3v) is 3.03. The number of nitrogen functional groups attached to an aromatic ring is 1. The van der Waals surface area contributed by atoms with Crippen LogP contribution in [0.1, 0.15) is 0 Å². The lowest BCUT2D eigenvalue weighted by Crippen LogP contribution is -2.00. The van der Waals surface area contributed by atoms with E-state index >= 15 is 0 Å². The van der Waals surface area contributed by atoms with Crippen LogP contribution in [0.3, 0.4) is 0 Å². The highest BCUT2D eigenvalue weighted by Crippen LogP contribution is 2.41. The lowest BCUT2D eigenvalue weighted by Gasteiger charge is -2.02. The molecule has 0 heterocycles. The molecule has 0 bridgehead atoms. The Hall–Kier alpha value is -1.41. The minimum atomic E-state index is -0.820. The second-order valence-electron chi connectivity index (χ2n) is 2.47. The molecule has 0 spiro atoms. The molecular weight excluding hydrogens is 293 g/mol. The molecule has 0 aliphatic rings. The van der Waals surface area contributed by atoms with Crippen LogP contribution in [0, 0.1) is 20.2 Å². The third-order valence-electron chi connectivity index (χ3n) is 1.60. The Morgan fingerprint density at radius 1 is 1.27 bits per heavy atom. The van der Waals surface area contributed by atoms with Gasteiger partial charge in [0.05, 0.1) is 20.4 Å². The molecule has 0 aromatic heterocycles. The summed E-state index contributed by atoms with van der Waals surface area (Å²) < 4.78 is -0.0509. The summed E-state index contributed by atoms with van der Waals surface area (Å²) >= 11 is 8.43. The van der Waals surface area contributed by atoms with E-state index in [1.165, 1.54) is 0 Å². The lowest BCUT2D eigenvalue weighted by atomic mass is 10.2. The number of anilines is 1. The van der Waals surface area contributed by atoms with Crippen molar-refractivity contribution in [1.29, 1.82) is 0 Å². The second-order valence-corrected chi connectivity index (χ2v) is 3.64. The van der Waals surface area contributed by atoms with E-state index in [0.29, 0.717) is 0 Å². The molecule has 0 aliphatic carbocycles. The van der Waals surface area contributed by atoms with Gasteiger partial charge in [-0.1, -0.05) is 11.6 Å². The Labute approximate surface area is 96.2 Å². The summed E-state index contributed by atoms with van der Waals surface area (Å²) in [5.41, 5.74) is 3.99. The molecule has 0 saturated carbocycles. The average molecular weight is 296 g/mol. The van der Waals surface area contributed by atoms with Crippen molar-refractivity contribution in [1.82, 2.24) is 0 Å². The van der Waals surface area contributed by atoms with Crippen LogP contribution in [-0.2, 0) is 0 Å². The predicted molar refractivity (Wildman–Crippen MR) is 56.9 cm³/mol. The Bertz CT molecular complexity index is 426. The molecule has 0 saturated heterocycles. The Balaban J connectivity index is 3.59. The van der Waals surface area contributed by atoms with Crippen LogP contribution in [0.2, 0.25) is 5.02 Å². The summed E-state index contributed by atoms with van der Waals surface area (Å²) in [4.78, 5) is 19.4. The third kappa shape index (κ3) is 2.00. The Morgan fingerprint density at radius 3 is 2.13 bits per heavy atom. The number of rotatable bonds is 2. The van der Waals surface area contributed by atoms with E-state index in [1.54, 1.807) is 0 Å². The van der Waals surface area contributed by atoms with E-state index < -0.39 is 21.2 Å². The van der Waals surface area contributed by atoms with Crippen molar-refractivity contribution >= 4 is 44.6 Å². The molecule has 1 rings (SSSR count). The largest absolute Gasteiger partial charge is 0.392 e. The number of nitrogens with zero attached hydrogens (tertiary/aromatic N) is 2. The summed E-state index contributed by atoms with van der Waals surface area (Å²) in [6.07, 6.45) is 0. The average Bonchev–Trinajstić information content (AvgIpc) is 2.13. The standard InChI is InChI=1S/C6H3BrClN3O4/c7-4-5(8)2(10(12)13)1-3(6(4)9)11(14)15/h1H,9H2. The topological polar surface area (TPSA) is 112 Å². The van der Waals surface area contributed by atoms with Gasteiger partial charge >= 0.3 is 0 Å². The highest BCUT2D eigenvalue weighted by atomic mass is 79.9. The monoisotopic (exact) mass is 295 g/mol. The summed E-state index contributed by atoms with van der Waals surface area (Å²) in [5, 5.41) is 20.7. The van der Waals surface area contributed by atoms with Crippen molar-refractivity contribution in [2.24, 2.45) is 0 Å². The zero-order valence-electron chi connectivity index (χ0n) is 6.94. The summed E-state index contributed by atoms with van der Waals surface area (Å²) in [5.74, 6) is 0. The Morgan fingerprint density at radius 2 is 1.73 bits per heavy atom. The van der Waals surface area contributed by atoms with Gasteiger partial charge in [0.2, 0.25) is 0 Å². The van der Waals surface area contributed by atoms with Crippen LogP contribution in [-0.4, -0.2) is 9.85 Å². The van der Waals surface area contributed by atoms with Crippen molar-refractivity contribution in [3.63, 3.8) is 0 Å². The van der Waals surface area contributed by atoms with E-state index in [0.717, 1.165) is 6.07 Å². The minimum Gasteiger partial charge on any atom is -0.392 e. The number of nitro benzene ring substituents is 2. The van der Waals surface area contributed by atoms with Gasteiger partial charge in [-0.05, 0) is 15.9 Å². The number of hydrogen-bond acceptors (Lipinski definition) is 5. The van der Waals surface area contributed by atoms with E-state index in [4.69, 9.17) is 17.3 Å². The fourth-order valence-electron chi connectivity index (χ4n) is 0.898. The smallest absolute Gasteiger partial charge is 0.300 e. The predicted octanol–water partition coefficient (Wildman–Crippen LogP) is 2.50. The fraction of sp³-hybridized carbons (Fsp3) is 0. The molecule has 9 heteroatoms. The molecule has 15 heavy (non-hydrogen) atoms. The first-order valence-corrected chi connectivity index (χ1v) is 4.59. The first kappa shape index (κ1) is 11.7. The van der Waals surface area contributed by atoms with Crippen molar-refractivity contribution in [2.75, 3.05) is 5.73 Å². The normalized spacial score (nSPS) is 10.0. The van der Waals surface area contributed by atoms with E-state index in [2.05, 4.69) is 15.9 Å². The number of hydrogen-bond donors (Lipinski definition) is 1. The molecule has 0 aliphatic heterocycles. The highest BCUT2D eigenvalue weighted by molar-refractivity contribution is 9.10. The van der Waals surface area contributed by atoms with Gasteiger partial charge < -0.3 is 5.73 Å². The van der Waals surface area contributed by atoms with Crippen LogP contribution in [0.15, 0.2) is 10.5 Å².